The molecule has 5 fully saturated rings. The minimum atomic E-state index is -1.71. The first-order chi connectivity index (χ1) is 31.8. The molecule has 7 aliphatic rings. The van der Waals surface area contributed by atoms with Gasteiger partial charge in [0.15, 0.2) is 0 Å². The monoisotopic (exact) mass is 937 g/mol. The molecule has 0 radical (unpaired) electrons. The number of fused-ring (bicyclic) bond motifs is 2. The second-order valence-electron chi connectivity index (χ2n) is 22.8. The largest absolute Gasteiger partial charge is 0.462 e. The zero-order valence-electron chi connectivity index (χ0n) is 39.9. The Kier molecular flexibility index (Phi) is 14.6. The van der Waals surface area contributed by atoms with Gasteiger partial charge in [-0.15, -0.1) is 5.92 Å². The molecule has 358 valence electrons. The molecule has 1 spiro atoms. The van der Waals surface area contributed by atoms with Crippen LogP contribution in [0, 0.1) is 69.0 Å². The number of benzene rings is 2. The zero-order chi connectivity index (χ0) is 46.2. The fourth-order valence-corrected chi connectivity index (χ4v) is 18.4. The molecule has 4 saturated carbocycles. The lowest BCUT2D eigenvalue weighted by atomic mass is 9.35. The van der Waals surface area contributed by atoms with E-state index in [1.54, 1.807) is 6.08 Å². The van der Waals surface area contributed by atoms with Gasteiger partial charge in [0.1, 0.15) is 12.7 Å². The van der Waals surface area contributed by atoms with Crippen LogP contribution in [0.1, 0.15) is 141 Å². The van der Waals surface area contributed by atoms with Crippen molar-refractivity contribution in [3.8, 4) is 11.8 Å². The number of hydrogen-bond acceptors (Lipinski definition) is 9. The van der Waals surface area contributed by atoms with Gasteiger partial charge in [-0.3, -0.25) is 4.79 Å². The van der Waals surface area contributed by atoms with Crippen molar-refractivity contribution >= 4 is 33.5 Å². The minimum Gasteiger partial charge on any atom is -0.462 e. The lowest BCUT2D eigenvalue weighted by Crippen LogP contribution is -2.79. The van der Waals surface area contributed by atoms with Gasteiger partial charge in [0, 0.05) is 36.3 Å². The number of aliphatic hydroxyl groups is 3. The smallest absolute Gasteiger partial charge is 0.331 e. The van der Waals surface area contributed by atoms with Crippen molar-refractivity contribution in [1.82, 2.24) is 0 Å². The maximum Gasteiger partial charge on any atom is 0.331 e. The van der Waals surface area contributed by atoms with Gasteiger partial charge in [-0.25, -0.2) is 4.79 Å². The highest BCUT2D eigenvalue weighted by Crippen LogP contribution is 2.72. The van der Waals surface area contributed by atoms with Crippen molar-refractivity contribution < 1.29 is 34.4 Å². The van der Waals surface area contributed by atoms with E-state index in [0.717, 1.165) is 87.7 Å². The van der Waals surface area contributed by atoms with E-state index < -0.39 is 51.5 Å². The van der Waals surface area contributed by atoms with Crippen LogP contribution in [0.15, 0.2) is 72.3 Å². The van der Waals surface area contributed by atoms with Gasteiger partial charge in [0.25, 0.3) is 0 Å². The zero-order valence-corrected chi connectivity index (χ0v) is 41.5. The molecule has 2 aromatic carbocycles. The maximum atomic E-state index is 16.0. The molecule has 4 bridgehead atoms. The summed E-state index contributed by atoms with van der Waals surface area (Å²) >= 11 is 0. The van der Waals surface area contributed by atoms with E-state index in [0.29, 0.717) is 44.4 Å². The number of cyclic esters (lactones) is 1. The van der Waals surface area contributed by atoms with Crippen molar-refractivity contribution in [2.24, 2.45) is 57.2 Å². The Morgan fingerprint density at radius 1 is 0.773 bits per heavy atom. The highest BCUT2D eigenvalue weighted by molar-refractivity contribution is 8.76. The Hall–Kier alpha value is -2.74. The third-order valence-corrected chi connectivity index (χ3v) is 21.4. The first-order valence-corrected chi connectivity index (χ1v) is 28.3. The summed E-state index contributed by atoms with van der Waals surface area (Å²) in [7, 11) is 3.87. The molecule has 0 aromatic heterocycles. The van der Waals surface area contributed by atoms with Gasteiger partial charge < -0.3 is 24.8 Å². The first kappa shape index (κ1) is 48.3. The van der Waals surface area contributed by atoms with Crippen molar-refractivity contribution in [2.45, 2.75) is 167 Å². The van der Waals surface area contributed by atoms with Gasteiger partial charge in [-0.1, -0.05) is 121 Å². The minimum absolute atomic E-state index is 0.0551. The number of carbonyl (C=O) groups is 2. The number of carbonyl (C=O) groups excluding carboxylic acids is 2. The molecular weight excluding hydrogens is 861 g/mol. The molecule has 4 aliphatic carbocycles. The molecule has 9 rings (SSSR count). The molecule has 0 amide bonds. The molecule has 3 aliphatic heterocycles. The lowest BCUT2D eigenvalue weighted by molar-refractivity contribution is -0.339. The number of hydrogen-bond donors (Lipinski definition) is 3. The molecule has 66 heavy (non-hydrogen) atoms. The van der Waals surface area contributed by atoms with Gasteiger partial charge in [-0.2, -0.15) is 0 Å². The summed E-state index contributed by atoms with van der Waals surface area (Å²) in [5.41, 5.74) is -2.21. The lowest BCUT2D eigenvalue weighted by Gasteiger charge is -2.72. The third-order valence-electron chi connectivity index (χ3n) is 18.8. The van der Waals surface area contributed by atoms with E-state index in [2.05, 4.69) is 86.4 Å². The molecule has 3 N–H and O–H groups in total. The number of aliphatic hydroxyl groups excluding tert-OH is 2. The van der Waals surface area contributed by atoms with Crippen LogP contribution >= 0.6 is 21.6 Å². The summed E-state index contributed by atoms with van der Waals surface area (Å²) in [5, 5.41) is 41.2. The summed E-state index contributed by atoms with van der Waals surface area (Å²) in [6.45, 7) is 6.88. The van der Waals surface area contributed by atoms with Crippen LogP contribution in [0.5, 0.6) is 0 Å². The van der Waals surface area contributed by atoms with Gasteiger partial charge in [0.2, 0.25) is 0 Å². The van der Waals surface area contributed by atoms with Gasteiger partial charge >= 0.3 is 11.9 Å². The van der Waals surface area contributed by atoms with E-state index in [-0.39, 0.29) is 48.6 Å². The van der Waals surface area contributed by atoms with Gasteiger partial charge in [-0.05, 0) is 149 Å². The average Bonchev–Trinajstić information content (AvgIpc) is 3.75. The topological polar surface area (TPSA) is 113 Å². The Labute approximate surface area is 403 Å². The van der Waals surface area contributed by atoms with Crippen molar-refractivity contribution in [3.63, 3.8) is 0 Å². The van der Waals surface area contributed by atoms with Crippen molar-refractivity contribution in [3.05, 3.63) is 83.4 Å². The Balaban J connectivity index is 1.21. The highest BCUT2D eigenvalue weighted by Gasteiger charge is 2.78. The number of esters is 2. The van der Waals surface area contributed by atoms with E-state index in [1.807, 2.05) is 28.5 Å². The van der Waals surface area contributed by atoms with Crippen LogP contribution in [0.2, 0.25) is 0 Å². The van der Waals surface area contributed by atoms with Crippen LogP contribution in [0.25, 0.3) is 0 Å². The molecule has 9 heteroatoms. The number of ether oxygens (including phenoxy) is 2. The van der Waals surface area contributed by atoms with E-state index in [1.165, 1.54) is 17.5 Å². The molecule has 7 nitrogen and oxygen atoms in total. The van der Waals surface area contributed by atoms with Crippen LogP contribution in [-0.2, 0) is 31.9 Å². The summed E-state index contributed by atoms with van der Waals surface area (Å²) < 4.78 is 12.8. The SMILES string of the molecule is CC1CCC(O)C23C(O)CCC(C)(C4CCCCC4)C2C2CC(C)(C#CCC4(CC(Cc5ccccc5)CCC4CSSCC(Cc4ccccc4)C1)C(=O)O2)C3(O)CCC1=CC(=O)OC1. The quantitative estimate of drug-likeness (QED) is 0.135. The fraction of sp³-hybridized carbons (Fsp3) is 0.684. The van der Waals surface area contributed by atoms with Crippen LogP contribution in [0.3, 0.4) is 0 Å². The predicted octanol–water partition coefficient (Wildman–Crippen LogP) is 11.1. The highest BCUT2D eigenvalue weighted by atomic mass is 33.1. The predicted molar refractivity (Wildman–Crippen MR) is 265 cm³/mol. The van der Waals surface area contributed by atoms with E-state index in [9.17, 15) is 20.1 Å². The molecular formula is C57H76O7S2. The van der Waals surface area contributed by atoms with Gasteiger partial charge in [0.05, 0.1) is 34.1 Å². The molecule has 13 unspecified atom stereocenters. The normalized spacial score (nSPS) is 41.2. The molecule has 3 heterocycles. The van der Waals surface area contributed by atoms with Crippen molar-refractivity contribution in [1.29, 1.82) is 0 Å². The molecule has 13 atom stereocenters. The summed E-state index contributed by atoms with van der Waals surface area (Å²) in [5.74, 6) is 9.50. The summed E-state index contributed by atoms with van der Waals surface area (Å²) in [4.78, 5) is 28.4. The maximum absolute atomic E-state index is 16.0. The van der Waals surface area contributed by atoms with Crippen LogP contribution in [-0.4, -0.2) is 69.3 Å². The van der Waals surface area contributed by atoms with Crippen molar-refractivity contribution in [2.75, 3.05) is 18.1 Å². The van der Waals surface area contributed by atoms with E-state index in [4.69, 9.17) is 9.47 Å². The second kappa shape index (κ2) is 19.9. The Morgan fingerprint density at radius 3 is 2.15 bits per heavy atom. The summed E-state index contributed by atoms with van der Waals surface area (Å²) in [6.07, 6.45) is 13.3. The third kappa shape index (κ3) is 8.99. The second-order valence-corrected chi connectivity index (χ2v) is 25.3. The Bertz CT molecular complexity index is 2110. The molecule has 2 aromatic rings. The fourth-order valence-electron chi connectivity index (χ4n) is 15.5. The number of rotatable bonds is 8. The standard InChI is InChI=1S/C57H76O7S2/c1-39-20-23-48(58)57-49(59)25-28-54(3,45-18-11-6-12-19-45)51(57)47-35-53(2,56(57,62)29-24-43-33-50(60)63-36-43)26-13-27-55(52(61)64-47)34-42(31-40-14-7-4-8-15-40)21-22-46(55)38-66-65-37-44(30-39)32-41-16-9-5-10-17-41/h4-5,7-10,14-17,33,39,42,44-49,51,58-59,62H,6,11-12,18-25,27-32,34-38H2,1-3H3. The average molecular weight is 937 g/mol. The first-order valence-electron chi connectivity index (χ1n) is 25.8. The van der Waals surface area contributed by atoms with Crippen LogP contribution in [0.4, 0.5) is 0 Å². The van der Waals surface area contributed by atoms with Crippen LogP contribution < -0.4 is 0 Å². The Morgan fingerprint density at radius 2 is 1.45 bits per heavy atom. The van der Waals surface area contributed by atoms with E-state index >= 15 is 4.79 Å². The summed E-state index contributed by atoms with van der Waals surface area (Å²) in [6, 6.07) is 21.5. The molecule has 1 saturated heterocycles.